The van der Waals surface area contributed by atoms with E-state index in [0.29, 0.717) is 17.3 Å². The van der Waals surface area contributed by atoms with Gasteiger partial charge in [-0.25, -0.2) is 0 Å². The number of benzene rings is 2. The molecule has 2 N–H and O–H groups in total. The van der Waals surface area contributed by atoms with Crippen LogP contribution in [0.5, 0.6) is 5.75 Å². The molecule has 0 aromatic heterocycles. The molecule has 114 valence electrons. The molecular weight excluding hydrogens is 300 g/mol. The maximum absolute atomic E-state index is 11.9. The van der Waals surface area contributed by atoms with Crippen LogP contribution in [0.1, 0.15) is 0 Å². The molecule has 2 rings (SSSR count). The van der Waals surface area contributed by atoms with Gasteiger partial charge in [0, 0.05) is 11.8 Å². The fourth-order valence-electron chi connectivity index (χ4n) is 1.79. The van der Waals surface area contributed by atoms with Gasteiger partial charge >= 0.3 is 0 Å². The maximum Gasteiger partial charge on any atom is 0.243 e. The summed E-state index contributed by atoms with van der Waals surface area (Å²) < 4.78 is 5.44. The fraction of sp³-hybridized carbons (Fsp3) is 0.118. The minimum absolute atomic E-state index is 0.135. The summed E-state index contributed by atoms with van der Waals surface area (Å²) >= 11 is 6.00. The molecule has 0 heterocycles. The molecule has 22 heavy (non-hydrogen) atoms. The lowest BCUT2D eigenvalue weighted by Crippen LogP contribution is -2.21. The molecule has 0 spiro atoms. The SMILES string of the molecule is C=CCOc1cccc(NCC(=O)Nc2ccccc2Cl)c1. The number of amides is 1. The van der Waals surface area contributed by atoms with Crippen LogP contribution in [0.15, 0.2) is 61.2 Å². The zero-order chi connectivity index (χ0) is 15.8. The lowest BCUT2D eigenvalue weighted by Gasteiger charge is -2.10. The summed E-state index contributed by atoms with van der Waals surface area (Å²) in [5, 5.41) is 6.30. The van der Waals surface area contributed by atoms with Crippen molar-refractivity contribution >= 4 is 28.9 Å². The molecule has 0 saturated heterocycles. The quantitative estimate of drug-likeness (QED) is 0.760. The van der Waals surface area contributed by atoms with E-state index in [2.05, 4.69) is 17.2 Å². The van der Waals surface area contributed by atoms with Crippen molar-refractivity contribution in [2.24, 2.45) is 0 Å². The van der Waals surface area contributed by atoms with Crippen LogP contribution in [0.4, 0.5) is 11.4 Å². The predicted molar refractivity (Wildman–Crippen MR) is 90.7 cm³/mol. The summed E-state index contributed by atoms with van der Waals surface area (Å²) in [6.07, 6.45) is 1.68. The van der Waals surface area contributed by atoms with Crippen LogP contribution >= 0.6 is 11.6 Å². The molecule has 0 saturated carbocycles. The average molecular weight is 317 g/mol. The smallest absolute Gasteiger partial charge is 0.243 e. The molecule has 2 aromatic rings. The number of nitrogens with one attached hydrogen (secondary N) is 2. The third kappa shape index (κ3) is 4.82. The number of hydrogen-bond donors (Lipinski definition) is 2. The molecule has 0 aliphatic heterocycles. The largest absolute Gasteiger partial charge is 0.489 e. The lowest BCUT2D eigenvalue weighted by atomic mass is 10.3. The second-order valence-electron chi connectivity index (χ2n) is 4.51. The second kappa shape index (κ2) is 8.10. The van der Waals surface area contributed by atoms with Crippen LogP contribution < -0.4 is 15.4 Å². The van der Waals surface area contributed by atoms with E-state index in [-0.39, 0.29) is 12.5 Å². The van der Waals surface area contributed by atoms with Crippen molar-refractivity contribution in [2.45, 2.75) is 0 Å². The monoisotopic (exact) mass is 316 g/mol. The first-order chi connectivity index (χ1) is 10.7. The first kappa shape index (κ1) is 15.9. The highest BCUT2D eigenvalue weighted by Gasteiger charge is 2.05. The predicted octanol–water partition coefficient (Wildman–Crippen LogP) is 3.96. The summed E-state index contributed by atoms with van der Waals surface area (Å²) in [4.78, 5) is 11.9. The van der Waals surface area contributed by atoms with Gasteiger partial charge in [0.1, 0.15) is 12.4 Å². The van der Waals surface area contributed by atoms with E-state index in [1.807, 2.05) is 36.4 Å². The van der Waals surface area contributed by atoms with Gasteiger partial charge in [0.2, 0.25) is 5.91 Å². The minimum Gasteiger partial charge on any atom is -0.489 e. The number of hydrogen-bond acceptors (Lipinski definition) is 3. The van der Waals surface area contributed by atoms with E-state index in [0.717, 1.165) is 11.4 Å². The molecule has 0 aliphatic carbocycles. The second-order valence-corrected chi connectivity index (χ2v) is 4.92. The van der Waals surface area contributed by atoms with Crippen molar-refractivity contribution < 1.29 is 9.53 Å². The van der Waals surface area contributed by atoms with Crippen molar-refractivity contribution in [1.82, 2.24) is 0 Å². The van der Waals surface area contributed by atoms with Crippen LogP contribution in [0.25, 0.3) is 0 Å². The van der Waals surface area contributed by atoms with Crippen LogP contribution in [0, 0.1) is 0 Å². The standard InChI is InChI=1S/C17H17ClN2O2/c1-2-10-22-14-7-5-6-13(11-14)19-12-17(21)20-16-9-4-3-8-15(16)18/h2-9,11,19H,1,10,12H2,(H,20,21). The van der Waals surface area contributed by atoms with Gasteiger partial charge in [0.05, 0.1) is 17.3 Å². The van der Waals surface area contributed by atoms with Gasteiger partial charge in [-0.05, 0) is 24.3 Å². The zero-order valence-corrected chi connectivity index (χ0v) is 12.8. The molecule has 4 nitrogen and oxygen atoms in total. The molecule has 0 aliphatic rings. The third-order valence-corrected chi connectivity index (χ3v) is 3.13. The van der Waals surface area contributed by atoms with Crippen molar-refractivity contribution in [3.8, 4) is 5.75 Å². The van der Waals surface area contributed by atoms with E-state index in [1.165, 1.54) is 0 Å². The Morgan fingerprint density at radius 3 is 2.82 bits per heavy atom. The third-order valence-electron chi connectivity index (χ3n) is 2.80. The summed E-state index contributed by atoms with van der Waals surface area (Å²) in [5.41, 5.74) is 1.40. The van der Waals surface area contributed by atoms with E-state index < -0.39 is 0 Å². The van der Waals surface area contributed by atoms with Gasteiger partial charge in [0.25, 0.3) is 0 Å². The Balaban J connectivity index is 1.88. The Morgan fingerprint density at radius 1 is 1.23 bits per heavy atom. The number of ether oxygens (including phenoxy) is 1. The number of anilines is 2. The molecular formula is C17H17ClN2O2. The number of halogens is 1. The van der Waals surface area contributed by atoms with E-state index in [9.17, 15) is 4.79 Å². The van der Waals surface area contributed by atoms with Crippen LogP contribution in [-0.2, 0) is 4.79 Å². The molecule has 1 amide bonds. The highest BCUT2D eigenvalue weighted by atomic mass is 35.5. The molecule has 0 radical (unpaired) electrons. The minimum atomic E-state index is -0.175. The normalized spacial score (nSPS) is 9.86. The maximum atomic E-state index is 11.9. The first-order valence-corrected chi connectivity index (χ1v) is 7.19. The van der Waals surface area contributed by atoms with Crippen LogP contribution in [0.3, 0.4) is 0 Å². The zero-order valence-electron chi connectivity index (χ0n) is 12.0. The molecule has 2 aromatic carbocycles. The van der Waals surface area contributed by atoms with E-state index >= 15 is 0 Å². The van der Waals surface area contributed by atoms with Crippen molar-refractivity contribution in [2.75, 3.05) is 23.8 Å². The van der Waals surface area contributed by atoms with Gasteiger partial charge in [-0.2, -0.15) is 0 Å². The summed E-state index contributed by atoms with van der Waals surface area (Å²) in [7, 11) is 0. The van der Waals surface area contributed by atoms with Crippen molar-refractivity contribution in [3.63, 3.8) is 0 Å². The van der Waals surface area contributed by atoms with Crippen molar-refractivity contribution in [1.29, 1.82) is 0 Å². The first-order valence-electron chi connectivity index (χ1n) is 6.81. The van der Waals surface area contributed by atoms with Crippen LogP contribution in [0.2, 0.25) is 5.02 Å². The molecule has 0 atom stereocenters. The summed E-state index contributed by atoms with van der Waals surface area (Å²) in [6, 6.07) is 14.5. The highest BCUT2D eigenvalue weighted by molar-refractivity contribution is 6.33. The molecule has 0 fully saturated rings. The number of para-hydroxylation sites is 1. The number of rotatable bonds is 7. The molecule has 0 bridgehead atoms. The van der Waals surface area contributed by atoms with Gasteiger partial charge < -0.3 is 15.4 Å². The topological polar surface area (TPSA) is 50.4 Å². The fourth-order valence-corrected chi connectivity index (χ4v) is 1.97. The number of carbonyl (C=O) groups is 1. The average Bonchev–Trinajstić information content (AvgIpc) is 2.53. The highest BCUT2D eigenvalue weighted by Crippen LogP contribution is 2.20. The Hall–Kier alpha value is -2.46. The Morgan fingerprint density at radius 2 is 2.05 bits per heavy atom. The van der Waals surface area contributed by atoms with Gasteiger partial charge in [-0.3, -0.25) is 4.79 Å². The Labute approximate surface area is 134 Å². The van der Waals surface area contributed by atoms with E-state index in [4.69, 9.17) is 16.3 Å². The van der Waals surface area contributed by atoms with Gasteiger partial charge in [0.15, 0.2) is 0 Å². The number of carbonyl (C=O) groups excluding carboxylic acids is 1. The van der Waals surface area contributed by atoms with Crippen LogP contribution in [-0.4, -0.2) is 19.1 Å². The summed E-state index contributed by atoms with van der Waals surface area (Å²) in [6.45, 7) is 4.18. The Kier molecular flexibility index (Phi) is 5.86. The van der Waals surface area contributed by atoms with Crippen molar-refractivity contribution in [3.05, 3.63) is 66.2 Å². The van der Waals surface area contributed by atoms with Gasteiger partial charge in [-0.1, -0.05) is 42.5 Å². The Bertz CT molecular complexity index is 659. The molecule has 5 heteroatoms. The summed E-state index contributed by atoms with van der Waals surface area (Å²) in [5.74, 6) is 0.543. The lowest BCUT2D eigenvalue weighted by molar-refractivity contribution is -0.114. The van der Waals surface area contributed by atoms with Gasteiger partial charge in [-0.15, -0.1) is 0 Å². The molecule has 0 unspecified atom stereocenters. The van der Waals surface area contributed by atoms with E-state index in [1.54, 1.807) is 18.2 Å².